The van der Waals surface area contributed by atoms with E-state index in [-0.39, 0.29) is 11.5 Å². The van der Waals surface area contributed by atoms with Crippen molar-refractivity contribution in [1.82, 2.24) is 0 Å². The Labute approximate surface area is 116 Å². The fourth-order valence-electron chi connectivity index (χ4n) is 1.75. The number of hydrogen-bond acceptors (Lipinski definition) is 4. The van der Waals surface area contributed by atoms with Crippen molar-refractivity contribution in [1.29, 1.82) is 0 Å². The van der Waals surface area contributed by atoms with Crippen LogP contribution in [-0.2, 0) is 0 Å². The Morgan fingerprint density at radius 1 is 1.15 bits per heavy atom. The number of non-ortho nitro benzene ring substituents is 1. The van der Waals surface area contributed by atoms with Crippen LogP contribution in [-0.4, -0.2) is 10.7 Å². The summed E-state index contributed by atoms with van der Waals surface area (Å²) in [7, 11) is 0. The van der Waals surface area contributed by atoms with Gasteiger partial charge in [0.05, 0.1) is 4.92 Å². The lowest BCUT2D eigenvalue weighted by molar-refractivity contribution is -0.384. The first kappa shape index (κ1) is 13.7. The summed E-state index contributed by atoms with van der Waals surface area (Å²) in [5.41, 5.74) is 1.47. The molecule has 0 aliphatic heterocycles. The molecule has 0 fully saturated rings. The number of hydrogen-bond donors (Lipinski definition) is 0. The van der Waals surface area contributed by atoms with Crippen LogP contribution in [0, 0.1) is 17.0 Å². The number of carbonyl (C=O) groups excluding carboxylic acids is 1. The minimum Gasteiger partial charge on any atom is -0.457 e. The van der Waals surface area contributed by atoms with Crippen molar-refractivity contribution in [3.8, 4) is 11.5 Å². The fourth-order valence-corrected chi connectivity index (χ4v) is 1.75. The Hall–Kier alpha value is -2.69. The average Bonchev–Trinajstić information content (AvgIpc) is 2.41. The van der Waals surface area contributed by atoms with Gasteiger partial charge in [0.25, 0.3) is 5.69 Å². The van der Waals surface area contributed by atoms with E-state index < -0.39 is 4.92 Å². The van der Waals surface area contributed by atoms with Crippen molar-refractivity contribution in [2.75, 3.05) is 0 Å². The van der Waals surface area contributed by atoms with Crippen LogP contribution in [0.2, 0.25) is 0 Å². The van der Waals surface area contributed by atoms with Gasteiger partial charge in [-0.2, -0.15) is 0 Å². The quantitative estimate of drug-likeness (QED) is 0.480. The maximum absolute atomic E-state index is 11.3. The first-order chi connectivity index (χ1) is 9.47. The first-order valence-electron chi connectivity index (χ1n) is 6.01. The lowest BCUT2D eigenvalue weighted by Crippen LogP contribution is -1.94. The van der Waals surface area contributed by atoms with Crippen molar-refractivity contribution in [2.24, 2.45) is 0 Å². The molecule has 0 aliphatic rings. The molecular weight excluding hydrogens is 258 g/mol. The van der Waals surface area contributed by atoms with Gasteiger partial charge in [-0.25, -0.2) is 0 Å². The molecule has 0 atom stereocenters. The second-order valence-corrected chi connectivity index (χ2v) is 4.39. The third-order valence-electron chi connectivity index (χ3n) is 2.86. The van der Waals surface area contributed by atoms with E-state index in [0.29, 0.717) is 17.1 Å². The number of ketones is 1. The van der Waals surface area contributed by atoms with Gasteiger partial charge in [-0.1, -0.05) is 0 Å². The van der Waals surface area contributed by atoms with Crippen LogP contribution in [0.3, 0.4) is 0 Å². The van der Waals surface area contributed by atoms with Gasteiger partial charge in [0, 0.05) is 17.7 Å². The third kappa shape index (κ3) is 3.00. The van der Waals surface area contributed by atoms with E-state index in [4.69, 9.17) is 4.74 Å². The van der Waals surface area contributed by atoms with E-state index in [1.807, 2.05) is 6.92 Å². The molecule has 5 heteroatoms. The van der Waals surface area contributed by atoms with Crippen molar-refractivity contribution in [3.05, 3.63) is 63.7 Å². The lowest BCUT2D eigenvalue weighted by atomic mass is 10.1. The van der Waals surface area contributed by atoms with Gasteiger partial charge in [-0.05, 0) is 49.7 Å². The number of nitrogens with zero attached hydrogens (tertiary/aromatic N) is 1. The maximum atomic E-state index is 11.3. The largest absolute Gasteiger partial charge is 0.457 e. The Morgan fingerprint density at radius 3 is 2.30 bits per heavy atom. The van der Waals surface area contributed by atoms with Crippen LogP contribution in [0.25, 0.3) is 0 Å². The average molecular weight is 271 g/mol. The number of ether oxygens (including phenoxy) is 1. The molecule has 0 bridgehead atoms. The molecule has 0 saturated heterocycles. The summed E-state index contributed by atoms with van der Waals surface area (Å²) in [6.07, 6.45) is 0. The van der Waals surface area contributed by atoms with Crippen LogP contribution in [0.5, 0.6) is 11.5 Å². The molecule has 102 valence electrons. The van der Waals surface area contributed by atoms with E-state index in [1.165, 1.54) is 31.2 Å². The number of carbonyl (C=O) groups is 1. The third-order valence-corrected chi connectivity index (χ3v) is 2.86. The van der Waals surface area contributed by atoms with Crippen LogP contribution < -0.4 is 4.74 Å². The summed E-state index contributed by atoms with van der Waals surface area (Å²) >= 11 is 0. The highest BCUT2D eigenvalue weighted by Gasteiger charge is 2.08. The van der Waals surface area contributed by atoms with Gasteiger partial charge < -0.3 is 4.74 Å². The predicted octanol–water partition coefficient (Wildman–Crippen LogP) is 3.90. The molecule has 0 saturated carbocycles. The molecule has 0 aromatic heterocycles. The van der Waals surface area contributed by atoms with E-state index in [9.17, 15) is 14.9 Å². The van der Waals surface area contributed by atoms with Crippen LogP contribution >= 0.6 is 0 Å². The molecule has 5 nitrogen and oxygen atoms in total. The Kier molecular flexibility index (Phi) is 3.79. The zero-order valence-electron chi connectivity index (χ0n) is 11.1. The normalized spacial score (nSPS) is 10.1. The molecule has 0 amide bonds. The monoisotopic (exact) mass is 271 g/mol. The molecule has 2 aromatic carbocycles. The van der Waals surface area contributed by atoms with Crippen molar-refractivity contribution >= 4 is 11.5 Å². The summed E-state index contributed by atoms with van der Waals surface area (Å²) in [6.45, 7) is 3.35. The van der Waals surface area contributed by atoms with E-state index >= 15 is 0 Å². The molecule has 0 radical (unpaired) electrons. The minimum absolute atomic E-state index is 0.00464. The Bertz CT molecular complexity index is 662. The van der Waals surface area contributed by atoms with Gasteiger partial charge in [0.15, 0.2) is 5.78 Å². The molecule has 0 N–H and O–H groups in total. The highest BCUT2D eigenvalue weighted by molar-refractivity contribution is 5.94. The zero-order chi connectivity index (χ0) is 14.7. The van der Waals surface area contributed by atoms with Gasteiger partial charge >= 0.3 is 0 Å². The van der Waals surface area contributed by atoms with E-state index in [2.05, 4.69) is 0 Å². The number of Topliss-reactive ketones (excluding diaryl/α,β-unsaturated/α-hetero) is 1. The molecule has 20 heavy (non-hydrogen) atoms. The van der Waals surface area contributed by atoms with Gasteiger partial charge in [-0.15, -0.1) is 0 Å². The lowest BCUT2D eigenvalue weighted by Gasteiger charge is -2.09. The second kappa shape index (κ2) is 5.52. The number of aryl methyl sites for hydroxylation is 1. The SMILES string of the molecule is CC(=O)c1ccc(Oc2ccc([N+](=O)[O-])cc2)c(C)c1. The van der Waals surface area contributed by atoms with Gasteiger partial charge in [0.1, 0.15) is 11.5 Å². The summed E-state index contributed by atoms with van der Waals surface area (Å²) in [5, 5.41) is 10.6. The molecule has 2 rings (SSSR count). The highest BCUT2D eigenvalue weighted by atomic mass is 16.6. The van der Waals surface area contributed by atoms with Gasteiger partial charge in [0.2, 0.25) is 0 Å². The van der Waals surface area contributed by atoms with Crippen molar-refractivity contribution in [2.45, 2.75) is 13.8 Å². The molecule has 2 aromatic rings. The Balaban J connectivity index is 2.21. The number of nitro benzene ring substituents is 1. The van der Waals surface area contributed by atoms with Crippen molar-refractivity contribution < 1.29 is 14.5 Å². The molecular formula is C15H13NO4. The predicted molar refractivity (Wildman–Crippen MR) is 74.4 cm³/mol. The van der Waals surface area contributed by atoms with Crippen LogP contribution in [0.1, 0.15) is 22.8 Å². The van der Waals surface area contributed by atoms with Crippen LogP contribution in [0.4, 0.5) is 5.69 Å². The summed E-state index contributed by atoms with van der Waals surface area (Å²) < 4.78 is 5.64. The number of benzene rings is 2. The summed E-state index contributed by atoms with van der Waals surface area (Å²) in [6, 6.07) is 11.0. The topological polar surface area (TPSA) is 69.4 Å². The summed E-state index contributed by atoms with van der Waals surface area (Å²) in [4.78, 5) is 21.4. The maximum Gasteiger partial charge on any atom is 0.269 e. The number of rotatable bonds is 4. The Morgan fingerprint density at radius 2 is 1.80 bits per heavy atom. The minimum atomic E-state index is -0.462. The summed E-state index contributed by atoms with van der Waals surface area (Å²) in [5.74, 6) is 1.12. The first-order valence-corrected chi connectivity index (χ1v) is 6.01. The zero-order valence-corrected chi connectivity index (χ0v) is 11.1. The van der Waals surface area contributed by atoms with Crippen molar-refractivity contribution in [3.63, 3.8) is 0 Å². The number of nitro groups is 1. The molecule has 0 heterocycles. The molecule has 0 spiro atoms. The molecule has 0 unspecified atom stereocenters. The highest BCUT2D eigenvalue weighted by Crippen LogP contribution is 2.27. The van der Waals surface area contributed by atoms with E-state index in [1.54, 1.807) is 18.2 Å². The molecule has 0 aliphatic carbocycles. The van der Waals surface area contributed by atoms with Gasteiger partial charge in [-0.3, -0.25) is 14.9 Å². The van der Waals surface area contributed by atoms with E-state index in [0.717, 1.165) is 5.56 Å². The second-order valence-electron chi connectivity index (χ2n) is 4.39. The standard InChI is InChI=1S/C15H13NO4/c1-10-9-12(11(2)17)3-8-15(10)20-14-6-4-13(5-7-14)16(18)19/h3-9H,1-2H3. The smallest absolute Gasteiger partial charge is 0.269 e. The fraction of sp³-hybridized carbons (Fsp3) is 0.133. The van der Waals surface area contributed by atoms with Crippen LogP contribution in [0.15, 0.2) is 42.5 Å².